The second kappa shape index (κ2) is 6.88. The first kappa shape index (κ1) is 17.5. The van der Waals surface area contributed by atoms with Crippen molar-refractivity contribution in [1.82, 2.24) is 4.90 Å². The third kappa shape index (κ3) is 2.88. The van der Waals surface area contributed by atoms with Crippen molar-refractivity contribution in [3.8, 4) is 0 Å². The van der Waals surface area contributed by atoms with Gasteiger partial charge in [0.2, 0.25) is 0 Å². The molecule has 3 nitrogen and oxygen atoms in total. The van der Waals surface area contributed by atoms with Gasteiger partial charge in [-0.1, -0.05) is 30.0 Å². The zero-order valence-corrected chi connectivity index (χ0v) is 17.7. The molecule has 1 saturated heterocycles. The number of anilines is 1. The zero-order valence-electron chi connectivity index (χ0n) is 16.9. The van der Waals surface area contributed by atoms with Crippen molar-refractivity contribution >= 4 is 17.4 Å². The highest BCUT2D eigenvalue weighted by atomic mass is 32.2. The molecule has 4 heteroatoms. The highest BCUT2D eigenvalue weighted by molar-refractivity contribution is 8.03. The fourth-order valence-electron chi connectivity index (χ4n) is 5.05. The molecule has 4 aliphatic heterocycles. The van der Waals surface area contributed by atoms with Crippen LogP contribution in [0, 0.1) is 0 Å². The van der Waals surface area contributed by atoms with Gasteiger partial charge in [0, 0.05) is 35.8 Å². The first-order chi connectivity index (χ1) is 14.3. The lowest BCUT2D eigenvalue weighted by Crippen LogP contribution is -2.28. The highest BCUT2D eigenvalue weighted by Gasteiger charge is 2.34. The summed E-state index contributed by atoms with van der Waals surface area (Å²) in [5, 5.41) is 1.37. The van der Waals surface area contributed by atoms with Gasteiger partial charge in [-0.25, -0.2) is 0 Å². The number of allylic oxidation sites excluding steroid dienone is 4. The van der Waals surface area contributed by atoms with E-state index in [1.165, 1.54) is 70.4 Å². The molecule has 6 rings (SSSR count). The SMILES string of the molecule is CC1=C2C=CC(N3CCCC3)=CC2OC(C2=C3Sc4ccccc4N3CCC2)=C1. The predicted octanol–water partition coefficient (Wildman–Crippen LogP) is 5.75. The first-order valence-electron chi connectivity index (χ1n) is 10.8. The fraction of sp³-hybridized carbons (Fsp3) is 0.360. The number of rotatable bonds is 2. The Kier molecular flexibility index (Phi) is 4.15. The first-order valence-corrected chi connectivity index (χ1v) is 11.6. The number of fused-ring (bicyclic) bond motifs is 4. The van der Waals surface area contributed by atoms with Crippen LogP contribution in [0.25, 0.3) is 0 Å². The van der Waals surface area contributed by atoms with Gasteiger partial charge in [0.15, 0.2) is 0 Å². The van der Waals surface area contributed by atoms with Crippen LogP contribution in [0.3, 0.4) is 0 Å². The summed E-state index contributed by atoms with van der Waals surface area (Å²) in [6.45, 7) is 5.67. The van der Waals surface area contributed by atoms with E-state index in [2.05, 4.69) is 65.3 Å². The van der Waals surface area contributed by atoms with Crippen LogP contribution in [0.15, 0.2) is 86.7 Å². The van der Waals surface area contributed by atoms with Gasteiger partial charge < -0.3 is 14.5 Å². The van der Waals surface area contributed by atoms with Gasteiger partial charge in [-0.3, -0.25) is 0 Å². The molecular formula is C25H26N2OS. The van der Waals surface area contributed by atoms with Gasteiger partial charge in [0.25, 0.3) is 0 Å². The number of benzene rings is 1. The van der Waals surface area contributed by atoms with E-state index in [0.717, 1.165) is 18.7 Å². The molecule has 1 aromatic carbocycles. The number of para-hydroxylation sites is 1. The number of likely N-dealkylation sites (tertiary alicyclic amines) is 1. The van der Waals surface area contributed by atoms with Crippen LogP contribution in [0.1, 0.15) is 32.6 Å². The topological polar surface area (TPSA) is 15.7 Å². The van der Waals surface area contributed by atoms with Crippen molar-refractivity contribution in [3.63, 3.8) is 0 Å². The molecule has 5 aliphatic rings. The Morgan fingerprint density at radius 3 is 2.79 bits per heavy atom. The van der Waals surface area contributed by atoms with E-state index < -0.39 is 0 Å². The van der Waals surface area contributed by atoms with Crippen LogP contribution < -0.4 is 4.90 Å². The van der Waals surface area contributed by atoms with Crippen LogP contribution in [-0.4, -0.2) is 30.6 Å². The van der Waals surface area contributed by atoms with Crippen molar-refractivity contribution in [2.75, 3.05) is 24.5 Å². The van der Waals surface area contributed by atoms with E-state index in [-0.39, 0.29) is 6.10 Å². The third-order valence-electron chi connectivity index (χ3n) is 6.56. The number of hydrogen-bond donors (Lipinski definition) is 0. The molecule has 0 bridgehead atoms. The molecule has 0 N–H and O–H groups in total. The Morgan fingerprint density at radius 2 is 1.90 bits per heavy atom. The second-order valence-corrected chi connectivity index (χ2v) is 9.44. The fourth-order valence-corrected chi connectivity index (χ4v) is 6.31. The Hall–Kier alpha value is -2.33. The Morgan fingerprint density at radius 1 is 1.03 bits per heavy atom. The molecule has 0 saturated carbocycles. The molecule has 29 heavy (non-hydrogen) atoms. The largest absolute Gasteiger partial charge is 0.481 e. The number of ether oxygens (including phenoxy) is 1. The van der Waals surface area contributed by atoms with E-state index in [4.69, 9.17) is 4.74 Å². The van der Waals surface area contributed by atoms with E-state index in [0.29, 0.717) is 0 Å². The smallest absolute Gasteiger partial charge is 0.145 e. The van der Waals surface area contributed by atoms with Gasteiger partial charge in [0.1, 0.15) is 11.9 Å². The maximum Gasteiger partial charge on any atom is 0.145 e. The number of nitrogens with zero attached hydrogens (tertiary/aromatic N) is 2. The summed E-state index contributed by atoms with van der Waals surface area (Å²) >= 11 is 1.90. The molecular weight excluding hydrogens is 376 g/mol. The standard InChI is InChI=1S/C25H26N2OS/c1-17-15-22(28-23-16-18(10-11-19(17)23)26-12-4-5-13-26)20-7-6-14-27-21-8-2-3-9-24(21)29-25(20)27/h2-3,8-11,15-16,23H,4-7,12-14H2,1H3. The molecule has 1 aliphatic carbocycles. The lowest BCUT2D eigenvalue weighted by Gasteiger charge is -2.34. The minimum Gasteiger partial charge on any atom is -0.481 e. The Labute approximate surface area is 177 Å². The molecule has 148 valence electrons. The van der Waals surface area contributed by atoms with Crippen LogP contribution in [0.4, 0.5) is 5.69 Å². The third-order valence-corrected chi connectivity index (χ3v) is 7.79. The summed E-state index contributed by atoms with van der Waals surface area (Å²) in [6.07, 6.45) is 14.0. The summed E-state index contributed by atoms with van der Waals surface area (Å²) in [6, 6.07) is 8.76. The predicted molar refractivity (Wildman–Crippen MR) is 120 cm³/mol. The van der Waals surface area contributed by atoms with Crippen LogP contribution in [-0.2, 0) is 4.74 Å². The summed E-state index contributed by atoms with van der Waals surface area (Å²) in [4.78, 5) is 6.35. The molecule has 1 aromatic rings. The van der Waals surface area contributed by atoms with Crippen LogP contribution in [0.5, 0.6) is 0 Å². The minimum absolute atomic E-state index is 0.0351. The monoisotopic (exact) mass is 402 g/mol. The average Bonchev–Trinajstić information content (AvgIpc) is 3.41. The molecule has 0 radical (unpaired) electrons. The van der Waals surface area contributed by atoms with E-state index in [1.54, 1.807) is 0 Å². The summed E-state index contributed by atoms with van der Waals surface area (Å²) in [7, 11) is 0. The highest BCUT2D eigenvalue weighted by Crippen LogP contribution is 2.51. The van der Waals surface area contributed by atoms with Crippen LogP contribution >= 0.6 is 11.8 Å². The van der Waals surface area contributed by atoms with E-state index in [9.17, 15) is 0 Å². The molecule has 0 aromatic heterocycles. The maximum atomic E-state index is 6.65. The number of thioether (sulfide) groups is 1. The Bertz CT molecular complexity index is 1020. The van der Waals surface area contributed by atoms with Gasteiger partial charge in [-0.05, 0) is 74.1 Å². The molecule has 4 heterocycles. The quantitative estimate of drug-likeness (QED) is 0.625. The van der Waals surface area contributed by atoms with E-state index >= 15 is 0 Å². The average molecular weight is 403 g/mol. The molecule has 0 amide bonds. The summed E-state index contributed by atoms with van der Waals surface area (Å²) < 4.78 is 6.65. The maximum absolute atomic E-state index is 6.65. The van der Waals surface area contributed by atoms with Crippen molar-refractivity contribution < 1.29 is 4.74 Å². The van der Waals surface area contributed by atoms with Crippen LogP contribution in [0.2, 0.25) is 0 Å². The molecule has 1 unspecified atom stereocenters. The van der Waals surface area contributed by atoms with Gasteiger partial charge in [-0.2, -0.15) is 0 Å². The summed E-state index contributed by atoms with van der Waals surface area (Å²) in [5.41, 5.74) is 6.69. The van der Waals surface area contributed by atoms with Crippen molar-refractivity contribution in [3.05, 3.63) is 81.8 Å². The molecule has 1 atom stereocenters. The molecule has 0 spiro atoms. The van der Waals surface area contributed by atoms with Gasteiger partial charge >= 0.3 is 0 Å². The molecule has 1 fully saturated rings. The second-order valence-electron chi connectivity index (χ2n) is 8.41. The lowest BCUT2D eigenvalue weighted by molar-refractivity contribution is 0.180. The zero-order chi connectivity index (χ0) is 19.4. The number of hydrogen-bond acceptors (Lipinski definition) is 4. The van der Waals surface area contributed by atoms with Crippen molar-refractivity contribution in [2.45, 2.75) is 43.6 Å². The van der Waals surface area contributed by atoms with Crippen molar-refractivity contribution in [2.24, 2.45) is 0 Å². The van der Waals surface area contributed by atoms with Crippen molar-refractivity contribution in [1.29, 1.82) is 0 Å². The van der Waals surface area contributed by atoms with Gasteiger partial charge in [-0.15, -0.1) is 0 Å². The van der Waals surface area contributed by atoms with Gasteiger partial charge in [0.05, 0.1) is 10.7 Å². The summed E-state index contributed by atoms with van der Waals surface area (Å²) in [5.74, 6) is 1.07. The normalized spacial score (nSPS) is 25.5. The minimum atomic E-state index is 0.0351. The van der Waals surface area contributed by atoms with E-state index in [1.807, 2.05) is 11.8 Å². The Balaban J connectivity index is 1.36. The lowest BCUT2D eigenvalue weighted by atomic mass is 9.93.